The number of allylic oxidation sites excluding steroid dienone is 1. The van der Waals surface area contributed by atoms with Gasteiger partial charge in [0.15, 0.2) is 0 Å². The van der Waals surface area contributed by atoms with Crippen LogP contribution in [-0.2, 0) is 0 Å². The predicted molar refractivity (Wildman–Crippen MR) is 40.4 cm³/mol. The van der Waals surface area contributed by atoms with Gasteiger partial charge < -0.3 is 11.1 Å². The molecule has 1 aliphatic rings. The number of hydrogen-bond donors (Lipinski definition) is 3. The van der Waals surface area contributed by atoms with Crippen LogP contribution in [0.2, 0.25) is 0 Å². The maximum absolute atomic E-state index is 5.61. The van der Waals surface area contributed by atoms with Gasteiger partial charge in [0.1, 0.15) is 5.82 Å². The molecule has 4 heteroatoms. The summed E-state index contributed by atoms with van der Waals surface area (Å²) >= 11 is 0. The maximum Gasteiger partial charge on any atom is 0.135 e. The quantitative estimate of drug-likeness (QED) is 0.391. The zero-order valence-corrected chi connectivity index (χ0v) is 6.22. The van der Waals surface area contributed by atoms with Crippen molar-refractivity contribution >= 4 is 0 Å². The number of nitrogens with two attached hydrogens (primary N) is 2. The number of hydrazine groups is 1. The van der Waals surface area contributed by atoms with E-state index < -0.39 is 0 Å². The Morgan fingerprint density at radius 3 is 2.80 bits per heavy atom. The molecule has 1 saturated heterocycles. The maximum atomic E-state index is 5.61. The summed E-state index contributed by atoms with van der Waals surface area (Å²) in [4.78, 5) is 0. The Labute approximate surface area is 60.8 Å². The Hall–Kier alpha value is -0.900. The molecule has 0 spiro atoms. The molecule has 0 unspecified atom stereocenters. The molecule has 0 aliphatic carbocycles. The second kappa shape index (κ2) is 2.79. The number of nitrogens with one attached hydrogen (secondary N) is 1. The molecule has 0 aromatic carbocycles. The fourth-order valence-corrected chi connectivity index (χ4v) is 1.04. The Morgan fingerprint density at radius 1 is 1.70 bits per heavy atom. The van der Waals surface area contributed by atoms with Gasteiger partial charge in [-0.1, -0.05) is 0 Å². The minimum absolute atomic E-state index is 0.752. The third-order valence-electron chi connectivity index (χ3n) is 1.53. The Bertz CT molecular complexity index is 148. The van der Waals surface area contributed by atoms with Gasteiger partial charge in [-0.2, -0.15) is 0 Å². The Kier molecular flexibility index (Phi) is 2.01. The third-order valence-corrected chi connectivity index (χ3v) is 1.53. The summed E-state index contributed by atoms with van der Waals surface area (Å²) in [6, 6.07) is 0. The van der Waals surface area contributed by atoms with E-state index in [2.05, 4.69) is 5.32 Å². The molecule has 0 saturated carbocycles. The molecule has 0 amide bonds. The fourth-order valence-electron chi connectivity index (χ4n) is 1.04. The lowest BCUT2D eigenvalue weighted by Crippen LogP contribution is -2.44. The van der Waals surface area contributed by atoms with E-state index in [-0.39, 0.29) is 0 Å². The molecular weight excluding hydrogens is 128 g/mol. The Morgan fingerprint density at radius 2 is 2.40 bits per heavy atom. The molecular formula is C6H14N4. The molecule has 0 radical (unpaired) electrons. The second-order valence-corrected chi connectivity index (χ2v) is 2.51. The highest BCUT2D eigenvalue weighted by Crippen LogP contribution is 2.03. The summed E-state index contributed by atoms with van der Waals surface area (Å²) in [5.74, 6) is 6.48. The van der Waals surface area contributed by atoms with Gasteiger partial charge in [-0.05, 0) is 13.3 Å². The van der Waals surface area contributed by atoms with Crippen LogP contribution in [0.1, 0.15) is 13.3 Å². The van der Waals surface area contributed by atoms with Crippen LogP contribution in [0.25, 0.3) is 0 Å². The van der Waals surface area contributed by atoms with Gasteiger partial charge in [0.2, 0.25) is 0 Å². The summed E-state index contributed by atoms with van der Waals surface area (Å²) in [6.07, 6.45) is 1.08. The van der Waals surface area contributed by atoms with Crippen LogP contribution in [0.5, 0.6) is 0 Å². The van der Waals surface area contributed by atoms with Crippen LogP contribution in [0, 0.1) is 0 Å². The van der Waals surface area contributed by atoms with E-state index in [1.165, 1.54) is 0 Å². The minimum atomic E-state index is 0.752. The largest absolute Gasteiger partial charge is 0.399 e. The molecule has 0 aromatic heterocycles. The highest BCUT2D eigenvalue weighted by molar-refractivity contribution is 5.06. The summed E-state index contributed by atoms with van der Waals surface area (Å²) in [5.41, 5.74) is 6.31. The van der Waals surface area contributed by atoms with Gasteiger partial charge >= 0.3 is 0 Å². The van der Waals surface area contributed by atoms with Crippen LogP contribution in [0.3, 0.4) is 0 Å². The van der Waals surface area contributed by atoms with Crippen molar-refractivity contribution in [1.29, 1.82) is 0 Å². The molecule has 1 fully saturated rings. The lowest BCUT2D eigenvalue weighted by molar-refractivity contribution is 0.286. The zero-order valence-electron chi connectivity index (χ0n) is 6.22. The monoisotopic (exact) mass is 142 g/mol. The lowest BCUT2D eigenvalue weighted by atomic mass is 10.3. The topological polar surface area (TPSA) is 67.3 Å². The minimum Gasteiger partial charge on any atom is -0.399 e. The van der Waals surface area contributed by atoms with E-state index in [0.717, 1.165) is 31.0 Å². The normalized spacial score (nSPS) is 24.0. The van der Waals surface area contributed by atoms with Gasteiger partial charge in [-0.25, -0.2) is 5.84 Å². The van der Waals surface area contributed by atoms with Crippen LogP contribution in [0.4, 0.5) is 0 Å². The smallest absolute Gasteiger partial charge is 0.135 e. The van der Waals surface area contributed by atoms with Crippen molar-refractivity contribution in [1.82, 2.24) is 10.3 Å². The standard InChI is InChI=1S/C6H14N4/c1-5(7)6-9-3-2-4-10(6)8/h9H,2-4,7-8H2,1H3/b6-5-. The van der Waals surface area contributed by atoms with Crippen LogP contribution in [0.15, 0.2) is 11.5 Å². The van der Waals surface area contributed by atoms with E-state index in [1.807, 2.05) is 6.92 Å². The van der Waals surface area contributed by atoms with E-state index >= 15 is 0 Å². The first-order chi connectivity index (χ1) is 4.72. The fraction of sp³-hybridized carbons (Fsp3) is 0.667. The first kappa shape index (κ1) is 7.21. The van der Waals surface area contributed by atoms with Crippen LogP contribution in [-0.4, -0.2) is 18.1 Å². The summed E-state index contributed by atoms with van der Waals surface area (Å²) in [6.45, 7) is 3.70. The molecule has 0 bridgehead atoms. The Balaban J connectivity index is 2.65. The SMILES string of the molecule is C/C(N)=C1\NCCCN1N. The van der Waals surface area contributed by atoms with Crippen molar-refractivity contribution in [3.8, 4) is 0 Å². The summed E-state index contributed by atoms with van der Waals surface area (Å²) < 4.78 is 0. The van der Waals surface area contributed by atoms with Crippen molar-refractivity contribution in [2.45, 2.75) is 13.3 Å². The van der Waals surface area contributed by atoms with E-state index in [0.29, 0.717) is 0 Å². The average molecular weight is 142 g/mol. The van der Waals surface area contributed by atoms with Gasteiger partial charge in [-0.15, -0.1) is 0 Å². The number of rotatable bonds is 0. The van der Waals surface area contributed by atoms with E-state index in [4.69, 9.17) is 11.6 Å². The number of hydrogen-bond acceptors (Lipinski definition) is 4. The van der Waals surface area contributed by atoms with Crippen molar-refractivity contribution in [3.63, 3.8) is 0 Å². The van der Waals surface area contributed by atoms with Gasteiger partial charge in [-0.3, -0.25) is 5.01 Å². The van der Waals surface area contributed by atoms with Gasteiger partial charge in [0.05, 0.1) is 0 Å². The zero-order chi connectivity index (χ0) is 7.56. The molecule has 1 aliphatic heterocycles. The van der Waals surface area contributed by atoms with Crippen molar-refractivity contribution in [2.24, 2.45) is 11.6 Å². The molecule has 10 heavy (non-hydrogen) atoms. The lowest BCUT2D eigenvalue weighted by Gasteiger charge is -2.28. The van der Waals surface area contributed by atoms with Crippen molar-refractivity contribution in [2.75, 3.05) is 13.1 Å². The highest BCUT2D eigenvalue weighted by Gasteiger charge is 2.11. The molecule has 0 aromatic rings. The molecule has 1 heterocycles. The molecule has 4 nitrogen and oxygen atoms in total. The third kappa shape index (κ3) is 1.33. The summed E-state index contributed by atoms with van der Waals surface area (Å²) in [7, 11) is 0. The second-order valence-electron chi connectivity index (χ2n) is 2.51. The molecule has 58 valence electrons. The van der Waals surface area contributed by atoms with Crippen LogP contribution >= 0.6 is 0 Å². The van der Waals surface area contributed by atoms with E-state index in [9.17, 15) is 0 Å². The number of nitrogens with zero attached hydrogens (tertiary/aromatic N) is 1. The van der Waals surface area contributed by atoms with Crippen molar-refractivity contribution < 1.29 is 0 Å². The van der Waals surface area contributed by atoms with Gasteiger partial charge in [0, 0.05) is 18.8 Å². The molecule has 0 atom stereocenters. The van der Waals surface area contributed by atoms with Crippen LogP contribution < -0.4 is 16.9 Å². The highest BCUT2D eigenvalue weighted by atomic mass is 15.5. The summed E-state index contributed by atoms with van der Waals surface area (Å²) in [5, 5.41) is 4.78. The predicted octanol–water partition coefficient (Wildman–Crippen LogP) is -0.697. The van der Waals surface area contributed by atoms with Crippen molar-refractivity contribution in [3.05, 3.63) is 11.5 Å². The average Bonchev–Trinajstić information content (AvgIpc) is 1.88. The molecule has 1 rings (SSSR count). The molecule has 5 N–H and O–H groups in total. The van der Waals surface area contributed by atoms with E-state index in [1.54, 1.807) is 5.01 Å². The first-order valence-corrected chi connectivity index (χ1v) is 3.44. The first-order valence-electron chi connectivity index (χ1n) is 3.44. The van der Waals surface area contributed by atoms with Gasteiger partial charge in [0.25, 0.3) is 0 Å².